The van der Waals surface area contributed by atoms with Gasteiger partial charge in [-0.25, -0.2) is 4.98 Å². The third-order valence-electron chi connectivity index (χ3n) is 5.98. The fourth-order valence-electron chi connectivity index (χ4n) is 4.31. The molecule has 1 aromatic carbocycles. The molecule has 1 N–H and O–H groups in total. The lowest BCUT2D eigenvalue weighted by atomic mass is 9.99. The summed E-state index contributed by atoms with van der Waals surface area (Å²) in [5, 5.41) is 4.80. The SMILES string of the molecule is CC(C)c1ccc(N2C(=S)N[C@H](c3ccccn3)[C@H]2c2cccn2-c2ccc(Cl)cn2)cc1. The molecule has 0 radical (unpaired) electrons. The van der Waals surface area contributed by atoms with Crippen molar-refractivity contribution in [2.24, 2.45) is 0 Å². The first-order valence-corrected chi connectivity index (χ1v) is 11.7. The van der Waals surface area contributed by atoms with Gasteiger partial charge < -0.3 is 14.8 Å². The maximum absolute atomic E-state index is 6.09. The monoisotopic (exact) mass is 473 g/mol. The molecule has 1 saturated heterocycles. The van der Waals surface area contributed by atoms with Crippen molar-refractivity contribution in [2.45, 2.75) is 31.8 Å². The van der Waals surface area contributed by atoms with Crippen molar-refractivity contribution < 1.29 is 0 Å². The van der Waals surface area contributed by atoms with Crippen LogP contribution < -0.4 is 10.2 Å². The zero-order valence-corrected chi connectivity index (χ0v) is 20.0. The van der Waals surface area contributed by atoms with E-state index < -0.39 is 0 Å². The van der Waals surface area contributed by atoms with Gasteiger partial charge in [0.05, 0.1) is 16.8 Å². The predicted molar refractivity (Wildman–Crippen MR) is 137 cm³/mol. The first kappa shape index (κ1) is 21.6. The fourth-order valence-corrected chi connectivity index (χ4v) is 4.77. The van der Waals surface area contributed by atoms with E-state index in [-0.39, 0.29) is 12.1 Å². The number of halogens is 1. The van der Waals surface area contributed by atoms with Crippen LogP contribution in [0, 0.1) is 0 Å². The topological polar surface area (TPSA) is 46.0 Å². The van der Waals surface area contributed by atoms with Crippen LogP contribution in [0.25, 0.3) is 5.82 Å². The van der Waals surface area contributed by atoms with Gasteiger partial charge in [-0.2, -0.15) is 0 Å². The maximum Gasteiger partial charge on any atom is 0.174 e. The molecular formula is C26H24ClN5S. The molecule has 5 nitrogen and oxygen atoms in total. The molecule has 1 fully saturated rings. The van der Waals surface area contributed by atoms with Gasteiger partial charge in [0.1, 0.15) is 11.9 Å². The molecule has 0 aliphatic carbocycles. The van der Waals surface area contributed by atoms with Crippen molar-refractivity contribution in [3.8, 4) is 5.82 Å². The van der Waals surface area contributed by atoms with Crippen LogP contribution in [0.2, 0.25) is 5.02 Å². The summed E-state index contributed by atoms with van der Waals surface area (Å²) in [6, 6.07) is 22.3. The molecule has 4 aromatic rings. The highest BCUT2D eigenvalue weighted by atomic mass is 35.5. The second kappa shape index (κ2) is 8.96. The first-order valence-electron chi connectivity index (χ1n) is 10.9. The van der Waals surface area contributed by atoms with Crippen molar-refractivity contribution in [3.05, 3.63) is 107 Å². The minimum absolute atomic E-state index is 0.121. The minimum atomic E-state index is -0.121. The van der Waals surface area contributed by atoms with Gasteiger partial charge >= 0.3 is 0 Å². The maximum atomic E-state index is 6.09. The third kappa shape index (κ3) is 4.12. The van der Waals surface area contributed by atoms with Gasteiger partial charge in [0, 0.05) is 30.0 Å². The molecule has 7 heteroatoms. The molecule has 0 bridgehead atoms. The molecule has 2 atom stereocenters. The van der Waals surface area contributed by atoms with Gasteiger partial charge in [-0.1, -0.05) is 43.6 Å². The van der Waals surface area contributed by atoms with Crippen LogP contribution in [0.3, 0.4) is 0 Å². The van der Waals surface area contributed by atoms with Crippen molar-refractivity contribution in [1.29, 1.82) is 0 Å². The van der Waals surface area contributed by atoms with E-state index in [0.717, 1.165) is 22.9 Å². The van der Waals surface area contributed by atoms with Gasteiger partial charge in [-0.15, -0.1) is 0 Å². The average molecular weight is 474 g/mol. The van der Waals surface area contributed by atoms with Gasteiger partial charge in [0.25, 0.3) is 0 Å². The molecule has 1 aliphatic heterocycles. The number of thiocarbonyl (C=S) groups is 1. The summed E-state index contributed by atoms with van der Waals surface area (Å²) in [7, 11) is 0. The van der Waals surface area contributed by atoms with E-state index in [9.17, 15) is 0 Å². The van der Waals surface area contributed by atoms with Gasteiger partial charge in [-0.05, 0) is 72.2 Å². The molecule has 0 spiro atoms. The lowest BCUT2D eigenvalue weighted by Gasteiger charge is -2.29. The van der Waals surface area contributed by atoms with E-state index in [1.807, 2.05) is 48.8 Å². The average Bonchev–Trinajstić information content (AvgIpc) is 3.44. The highest BCUT2D eigenvalue weighted by molar-refractivity contribution is 7.80. The Morgan fingerprint density at radius 3 is 2.45 bits per heavy atom. The molecule has 5 rings (SSSR count). The van der Waals surface area contributed by atoms with Crippen molar-refractivity contribution >= 4 is 34.6 Å². The molecule has 1 aliphatic rings. The molecule has 3 aromatic heterocycles. The standard InChI is InChI=1S/C26H24ClN5S/c1-17(2)18-8-11-20(12-9-18)32-25(24(30-26(32)33)21-6-3-4-14-28-21)22-7-5-15-31(22)23-13-10-19(27)16-29-23/h3-17,24-25H,1-2H3,(H,30,33)/t24-,25-/m1/s1. The molecule has 0 saturated carbocycles. The number of nitrogens with one attached hydrogen (secondary N) is 1. The van der Waals surface area contributed by atoms with E-state index >= 15 is 0 Å². The second-order valence-corrected chi connectivity index (χ2v) is 9.20. The molecule has 0 amide bonds. The van der Waals surface area contributed by atoms with Crippen molar-refractivity contribution in [2.75, 3.05) is 4.90 Å². The Labute approximate surface area is 204 Å². The Morgan fingerprint density at radius 2 is 1.79 bits per heavy atom. The van der Waals surface area contributed by atoms with Crippen LogP contribution in [0.4, 0.5) is 5.69 Å². The van der Waals surface area contributed by atoms with Crippen LogP contribution in [-0.4, -0.2) is 19.6 Å². The molecule has 0 unspecified atom stereocenters. The van der Waals surface area contributed by atoms with E-state index in [1.165, 1.54) is 5.56 Å². The predicted octanol–water partition coefficient (Wildman–Crippen LogP) is 6.22. The number of anilines is 1. The van der Waals surface area contributed by atoms with Gasteiger partial charge in [0.2, 0.25) is 0 Å². The van der Waals surface area contributed by atoms with E-state index in [4.69, 9.17) is 23.8 Å². The molecule has 166 valence electrons. The lowest BCUT2D eigenvalue weighted by Crippen LogP contribution is -2.30. The van der Waals surface area contributed by atoms with E-state index in [0.29, 0.717) is 16.1 Å². The molecular weight excluding hydrogens is 450 g/mol. The van der Waals surface area contributed by atoms with Gasteiger partial charge in [0.15, 0.2) is 5.11 Å². The Hall–Kier alpha value is -3.22. The first-order chi connectivity index (χ1) is 16.0. The third-order valence-corrected chi connectivity index (χ3v) is 6.52. The van der Waals surface area contributed by atoms with Crippen LogP contribution in [-0.2, 0) is 0 Å². The minimum Gasteiger partial charge on any atom is -0.351 e. The summed E-state index contributed by atoms with van der Waals surface area (Å²) < 4.78 is 2.09. The van der Waals surface area contributed by atoms with Crippen molar-refractivity contribution in [1.82, 2.24) is 19.9 Å². The highest BCUT2D eigenvalue weighted by Gasteiger charge is 2.42. The number of rotatable bonds is 5. The lowest BCUT2D eigenvalue weighted by molar-refractivity contribution is 0.548. The van der Waals surface area contributed by atoms with Crippen LogP contribution in [0.15, 0.2) is 85.3 Å². The molecule has 4 heterocycles. The van der Waals surface area contributed by atoms with Crippen molar-refractivity contribution in [3.63, 3.8) is 0 Å². The van der Waals surface area contributed by atoms with Crippen LogP contribution in [0.1, 0.15) is 48.8 Å². The highest BCUT2D eigenvalue weighted by Crippen LogP contribution is 2.42. The normalized spacial score (nSPS) is 18.1. The number of benzene rings is 1. The summed E-state index contributed by atoms with van der Waals surface area (Å²) in [5.74, 6) is 1.26. The molecule has 33 heavy (non-hydrogen) atoms. The smallest absolute Gasteiger partial charge is 0.174 e. The number of hydrogen-bond acceptors (Lipinski definition) is 3. The summed E-state index contributed by atoms with van der Waals surface area (Å²) >= 11 is 11.9. The Kier molecular flexibility index (Phi) is 5.87. The van der Waals surface area contributed by atoms with Crippen LogP contribution in [0.5, 0.6) is 0 Å². The summed E-state index contributed by atoms with van der Waals surface area (Å²) in [4.78, 5) is 11.4. The van der Waals surface area contributed by atoms with Crippen LogP contribution >= 0.6 is 23.8 Å². The number of pyridine rings is 2. The largest absolute Gasteiger partial charge is 0.351 e. The summed E-state index contributed by atoms with van der Waals surface area (Å²) in [6.07, 6.45) is 5.50. The fraction of sp³-hybridized carbons (Fsp3) is 0.192. The zero-order valence-electron chi connectivity index (χ0n) is 18.4. The van der Waals surface area contributed by atoms with E-state index in [2.05, 4.69) is 68.9 Å². The number of nitrogens with zero attached hydrogens (tertiary/aromatic N) is 4. The number of aromatic nitrogens is 3. The zero-order chi connectivity index (χ0) is 22.9. The Balaban J connectivity index is 1.63. The number of hydrogen-bond donors (Lipinski definition) is 1. The Morgan fingerprint density at radius 1 is 0.970 bits per heavy atom. The summed E-state index contributed by atoms with van der Waals surface area (Å²) in [5.41, 5.74) is 4.32. The second-order valence-electron chi connectivity index (χ2n) is 8.38. The Bertz CT molecular complexity index is 1250. The summed E-state index contributed by atoms with van der Waals surface area (Å²) in [6.45, 7) is 4.39. The van der Waals surface area contributed by atoms with E-state index in [1.54, 1.807) is 6.20 Å². The van der Waals surface area contributed by atoms with Gasteiger partial charge in [-0.3, -0.25) is 4.98 Å². The quantitative estimate of drug-likeness (QED) is 0.348.